The van der Waals surface area contributed by atoms with Gasteiger partial charge < -0.3 is 14.6 Å². The minimum absolute atomic E-state index is 0.210. The zero-order valence-electron chi connectivity index (χ0n) is 14.9. The van der Waals surface area contributed by atoms with Crippen LogP contribution < -0.4 is 5.32 Å². The number of carbonyl (C=O) groups is 2. The molecule has 0 saturated carbocycles. The third-order valence-electron chi connectivity index (χ3n) is 4.91. The standard InChI is InChI=1S/C22H18N2O3/c1-3-13-24-14-18(15-9-6-8-12-19(15)24)22(21(26)27-4-2)17-11-7-5-10-16(17)20(25)23-22/h1,5-12,14H,4,13H2,2H3,(H,23,25). The molecule has 0 aliphatic carbocycles. The van der Waals surface area contributed by atoms with Gasteiger partial charge in [0.1, 0.15) is 0 Å². The summed E-state index contributed by atoms with van der Waals surface area (Å²) in [5.74, 6) is 1.83. The first kappa shape index (κ1) is 16.9. The van der Waals surface area contributed by atoms with E-state index in [1.165, 1.54) is 0 Å². The topological polar surface area (TPSA) is 60.3 Å². The lowest BCUT2D eigenvalue weighted by Crippen LogP contribution is -2.48. The van der Waals surface area contributed by atoms with Crippen LogP contribution in [0.5, 0.6) is 0 Å². The number of nitrogens with one attached hydrogen (secondary N) is 1. The number of hydrogen-bond acceptors (Lipinski definition) is 3. The van der Waals surface area contributed by atoms with Gasteiger partial charge in [-0.05, 0) is 19.1 Å². The van der Waals surface area contributed by atoms with Gasteiger partial charge in [-0.15, -0.1) is 6.42 Å². The average Bonchev–Trinajstić information content (AvgIpc) is 3.20. The average molecular weight is 358 g/mol. The van der Waals surface area contributed by atoms with E-state index >= 15 is 0 Å². The first-order valence-corrected chi connectivity index (χ1v) is 8.74. The fourth-order valence-corrected chi connectivity index (χ4v) is 3.81. The molecule has 1 atom stereocenters. The van der Waals surface area contributed by atoms with Gasteiger partial charge >= 0.3 is 5.97 Å². The molecular weight excluding hydrogens is 340 g/mol. The van der Waals surface area contributed by atoms with E-state index in [2.05, 4.69) is 11.2 Å². The first-order valence-electron chi connectivity index (χ1n) is 8.74. The van der Waals surface area contributed by atoms with E-state index in [-0.39, 0.29) is 12.5 Å². The minimum atomic E-state index is -1.40. The second-order valence-electron chi connectivity index (χ2n) is 6.36. The van der Waals surface area contributed by atoms with Gasteiger partial charge in [-0.25, -0.2) is 4.79 Å². The molecule has 0 saturated heterocycles. The van der Waals surface area contributed by atoms with E-state index in [1.54, 1.807) is 25.1 Å². The molecule has 2 heterocycles. The number of terminal acetylenes is 1. The summed E-state index contributed by atoms with van der Waals surface area (Å²) in [6, 6.07) is 14.8. The molecule has 134 valence electrons. The molecule has 27 heavy (non-hydrogen) atoms. The van der Waals surface area contributed by atoms with Gasteiger partial charge in [0.15, 0.2) is 5.54 Å². The second kappa shape index (κ2) is 6.33. The highest BCUT2D eigenvalue weighted by Gasteiger charge is 2.52. The Hall–Kier alpha value is -3.52. The number of rotatable bonds is 4. The van der Waals surface area contributed by atoms with Crippen molar-refractivity contribution < 1.29 is 14.3 Å². The van der Waals surface area contributed by atoms with Crippen LogP contribution in [-0.2, 0) is 21.6 Å². The zero-order chi connectivity index (χ0) is 19.0. The van der Waals surface area contributed by atoms with Crippen molar-refractivity contribution in [1.82, 2.24) is 9.88 Å². The van der Waals surface area contributed by atoms with Crippen molar-refractivity contribution in [3.8, 4) is 12.3 Å². The largest absolute Gasteiger partial charge is 0.464 e. The van der Waals surface area contributed by atoms with E-state index in [0.717, 1.165) is 10.9 Å². The van der Waals surface area contributed by atoms with E-state index in [9.17, 15) is 9.59 Å². The van der Waals surface area contributed by atoms with Gasteiger partial charge in [-0.1, -0.05) is 42.3 Å². The Morgan fingerprint density at radius 3 is 2.70 bits per heavy atom. The molecule has 1 aromatic heterocycles. The third kappa shape index (κ3) is 2.34. The Morgan fingerprint density at radius 1 is 1.19 bits per heavy atom. The van der Waals surface area contributed by atoms with Crippen molar-refractivity contribution in [3.63, 3.8) is 0 Å². The third-order valence-corrected chi connectivity index (χ3v) is 4.91. The summed E-state index contributed by atoms with van der Waals surface area (Å²) in [4.78, 5) is 25.9. The lowest BCUT2D eigenvalue weighted by Gasteiger charge is -2.28. The Labute approximate surface area is 156 Å². The first-order chi connectivity index (χ1) is 13.1. The fraction of sp³-hybridized carbons (Fsp3) is 0.182. The van der Waals surface area contributed by atoms with E-state index in [0.29, 0.717) is 23.2 Å². The summed E-state index contributed by atoms with van der Waals surface area (Å²) in [5.41, 5.74) is 1.22. The predicted molar refractivity (Wildman–Crippen MR) is 102 cm³/mol. The molecule has 0 bridgehead atoms. The summed E-state index contributed by atoms with van der Waals surface area (Å²) in [7, 11) is 0. The SMILES string of the molecule is C#CCn1cc(C2(C(=O)OCC)NC(=O)c3ccccc32)c2ccccc21. The van der Waals surface area contributed by atoms with Crippen LogP contribution in [0.3, 0.4) is 0 Å². The molecule has 1 amide bonds. The summed E-state index contributed by atoms with van der Waals surface area (Å²) < 4.78 is 7.31. The Balaban J connectivity index is 2.06. The number of carbonyl (C=O) groups excluding carboxylic acids is 2. The molecule has 1 aliphatic rings. The van der Waals surface area contributed by atoms with Gasteiger partial charge in [-0.3, -0.25) is 4.79 Å². The van der Waals surface area contributed by atoms with E-state index < -0.39 is 11.5 Å². The van der Waals surface area contributed by atoms with Gasteiger partial charge in [0, 0.05) is 33.8 Å². The number of amides is 1. The van der Waals surface area contributed by atoms with Crippen LogP contribution in [0.2, 0.25) is 0 Å². The van der Waals surface area contributed by atoms with Gasteiger partial charge in [-0.2, -0.15) is 0 Å². The van der Waals surface area contributed by atoms with Gasteiger partial charge in [0.2, 0.25) is 0 Å². The fourth-order valence-electron chi connectivity index (χ4n) is 3.81. The maximum Gasteiger partial charge on any atom is 0.341 e. The smallest absolute Gasteiger partial charge is 0.341 e. The number of ether oxygens (including phenoxy) is 1. The van der Waals surface area contributed by atoms with Crippen molar-refractivity contribution in [2.24, 2.45) is 0 Å². The van der Waals surface area contributed by atoms with Crippen molar-refractivity contribution in [2.75, 3.05) is 6.61 Å². The quantitative estimate of drug-likeness (QED) is 0.576. The highest BCUT2D eigenvalue weighted by atomic mass is 16.5. The summed E-state index contributed by atoms with van der Waals surface area (Å²) >= 11 is 0. The maximum atomic E-state index is 13.2. The molecule has 1 aliphatic heterocycles. The molecule has 5 heteroatoms. The molecule has 2 aromatic carbocycles. The van der Waals surface area contributed by atoms with Crippen LogP contribution in [0.1, 0.15) is 28.4 Å². The van der Waals surface area contributed by atoms with Crippen molar-refractivity contribution >= 4 is 22.8 Å². The summed E-state index contributed by atoms with van der Waals surface area (Å²) in [5, 5.41) is 3.75. The number of esters is 1. The molecule has 0 fully saturated rings. The number of hydrogen-bond donors (Lipinski definition) is 1. The number of fused-ring (bicyclic) bond motifs is 2. The van der Waals surface area contributed by atoms with Gasteiger partial charge in [0.25, 0.3) is 5.91 Å². The molecular formula is C22H18N2O3. The molecule has 0 spiro atoms. The molecule has 1 N–H and O–H groups in total. The maximum absolute atomic E-state index is 13.2. The molecule has 3 aromatic rings. The lowest BCUT2D eigenvalue weighted by molar-refractivity contribution is -0.149. The van der Waals surface area contributed by atoms with Crippen molar-refractivity contribution in [2.45, 2.75) is 19.0 Å². The number of para-hydroxylation sites is 1. The van der Waals surface area contributed by atoms with Crippen LogP contribution in [0.25, 0.3) is 10.9 Å². The predicted octanol–water partition coefficient (Wildman–Crippen LogP) is 2.82. The molecule has 0 radical (unpaired) electrons. The number of aromatic nitrogens is 1. The van der Waals surface area contributed by atoms with Crippen LogP contribution in [0, 0.1) is 12.3 Å². The van der Waals surface area contributed by atoms with Crippen LogP contribution >= 0.6 is 0 Å². The summed E-state index contributed by atoms with van der Waals surface area (Å²) in [6.07, 6.45) is 7.36. The minimum Gasteiger partial charge on any atom is -0.464 e. The van der Waals surface area contributed by atoms with Crippen LogP contribution in [0.15, 0.2) is 54.7 Å². The molecule has 4 rings (SSSR count). The highest BCUT2D eigenvalue weighted by Crippen LogP contribution is 2.42. The van der Waals surface area contributed by atoms with E-state index in [1.807, 2.05) is 41.1 Å². The Kier molecular flexibility index (Phi) is 3.97. The summed E-state index contributed by atoms with van der Waals surface area (Å²) in [6.45, 7) is 2.31. The van der Waals surface area contributed by atoms with Crippen LogP contribution in [0.4, 0.5) is 0 Å². The highest BCUT2D eigenvalue weighted by molar-refractivity contribution is 6.09. The monoisotopic (exact) mass is 358 g/mol. The van der Waals surface area contributed by atoms with Gasteiger partial charge in [0.05, 0.1) is 13.2 Å². The number of benzene rings is 2. The molecule has 1 unspecified atom stereocenters. The lowest BCUT2D eigenvalue weighted by atomic mass is 9.83. The Morgan fingerprint density at radius 2 is 1.93 bits per heavy atom. The van der Waals surface area contributed by atoms with Crippen LogP contribution in [-0.4, -0.2) is 23.1 Å². The van der Waals surface area contributed by atoms with Crippen molar-refractivity contribution in [1.29, 1.82) is 0 Å². The normalized spacial score (nSPS) is 18.0. The Bertz CT molecular complexity index is 1110. The number of nitrogens with zero attached hydrogens (tertiary/aromatic N) is 1. The van der Waals surface area contributed by atoms with Crippen molar-refractivity contribution in [3.05, 3.63) is 71.4 Å². The second-order valence-corrected chi connectivity index (χ2v) is 6.36. The van der Waals surface area contributed by atoms with E-state index in [4.69, 9.17) is 11.2 Å². The molecule has 5 nitrogen and oxygen atoms in total. The zero-order valence-corrected chi connectivity index (χ0v) is 14.9.